The summed E-state index contributed by atoms with van der Waals surface area (Å²) < 4.78 is 5.34. The Morgan fingerprint density at radius 3 is 2.47 bits per heavy atom. The molecule has 2 heteroatoms. The maximum atomic E-state index is 10.6. The van der Waals surface area contributed by atoms with Gasteiger partial charge in [-0.1, -0.05) is 36.4 Å². The molecule has 0 fully saturated rings. The first-order valence-corrected chi connectivity index (χ1v) is 5.41. The van der Waals surface area contributed by atoms with Crippen molar-refractivity contribution in [3.05, 3.63) is 60.4 Å². The minimum Gasteiger partial charge on any atom is -0.453 e. The van der Waals surface area contributed by atoms with Crippen LogP contribution in [0.1, 0.15) is 10.6 Å². The smallest absolute Gasteiger partial charge is 0.185 e. The zero-order valence-electron chi connectivity index (χ0n) is 9.09. The van der Waals surface area contributed by atoms with Gasteiger partial charge in [0.2, 0.25) is 0 Å². The highest BCUT2D eigenvalue weighted by atomic mass is 16.3. The van der Waals surface area contributed by atoms with E-state index in [1.807, 2.05) is 36.4 Å². The fraction of sp³-hybridized carbons (Fsp3) is 0. The molecular weight excluding hydrogens is 212 g/mol. The number of hydrogen-bond donors (Lipinski definition) is 0. The third kappa shape index (κ3) is 1.74. The van der Waals surface area contributed by atoms with E-state index < -0.39 is 0 Å². The molecule has 0 aliphatic carbocycles. The molecule has 1 heterocycles. The first-order valence-electron chi connectivity index (χ1n) is 5.41. The Bertz CT molecular complexity index is 666. The predicted molar refractivity (Wildman–Crippen MR) is 67.0 cm³/mol. The van der Waals surface area contributed by atoms with Gasteiger partial charge in [0.25, 0.3) is 0 Å². The van der Waals surface area contributed by atoms with Crippen LogP contribution in [0.3, 0.4) is 0 Å². The number of furan rings is 1. The first-order chi connectivity index (χ1) is 8.36. The van der Waals surface area contributed by atoms with Gasteiger partial charge in [0.05, 0.1) is 0 Å². The van der Waals surface area contributed by atoms with Gasteiger partial charge in [-0.3, -0.25) is 4.79 Å². The summed E-state index contributed by atoms with van der Waals surface area (Å²) in [5.41, 5.74) is 3.02. The van der Waals surface area contributed by atoms with Gasteiger partial charge in [-0.05, 0) is 29.3 Å². The Hall–Kier alpha value is -2.35. The molecule has 2 aromatic carbocycles. The fourth-order valence-corrected chi connectivity index (χ4v) is 1.93. The van der Waals surface area contributed by atoms with Crippen molar-refractivity contribution in [2.45, 2.75) is 0 Å². The van der Waals surface area contributed by atoms with E-state index in [1.54, 1.807) is 6.07 Å². The fourth-order valence-electron chi connectivity index (χ4n) is 1.93. The molecule has 3 rings (SSSR count). The standard InChI is InChI=1S/C15H10O2/c16-10-14-9-13-8-12(6-7-15(13)17-14)11-4-2-1-3-5-11/h1-10H. The second-order valence-electron chi connectivity index (χ2n) is 3.89. The summed E-state index contributed by atoms with van der Waals surface area (Å²) in [6.07, 6.45) is 0.724. The second-order valence-corrected chi connectivity index (χ2v) is 3.89. The molecule has 0 radical (unpaired) electrons. The molecule has 0 saturated heterocycles. The van der Waals surface area contributed by atoms with Crippen molar-refractivity contribution in [2.75, 3.05) is 0 Å². The maximum absolute atomic E-state index is 10.6. The Balaban J connectivity index is 2.16. The molecule has 3 aromatic rings. The molecule has 0 saturated carbocycles. The SMILES string of the molecule is O=Cc1cc2cc(-c3ccccc3)ccc2o1. The summed E-state index contributed by atoms with van der Waals surface area (Å²) >= 11 is 0. The summed E-state index contributed by atoms with van der Waals surface area (Å²) in [6, 6.07) is 17.8. The number of benzene rings is 2. The molecule has 0 spiro atoms. The molecular formula is C15H10O2. The van der Waals surface area contributed by atoms with E-state index in [0.717, 1.165) is 28.4 Å². The van der Waals surface area contributed by atoms with Crippen LogP contribution in [0.15, 0.2) is 59.0 Å². The van der Waals surface area contributed by atoms with Gasteiger partial charge in [-0.15, -0.1) is 0 Å². The zero-order chi connectivity index (χ0) is 11.7. The van der Waals surface area contributed by atoms with Gasteiger partial charge in [-0.2, -0.15) is 0 Å². The molecule has 0 amide bonds. The average molecular weight is 222 g/mol. The van der Waals surface area contributed by atoms with E-state index in [-0.39, 0.29) is 0 Å². The topological polar surface area (TPSA) is 30.2 Å². The predicted octanol–water partition coefficient (Wildman–Crippen LogP) is 3.91. The van der Waals surface area contributed by atoms with Crippen LogP contribution in [0.5, 0.6) is 0 Å². The molecule has 1 aromatic heterocycles. The van der Waals surface area contributed by atoms with Crippen molar-refractivity contribution in [3.8, 4) is 11.1 Å². The summed E-state index contributed by atoms with van der Waals surface area (Å²) in [7, 11) is 0. The molecule has 0 aliphatic rings. The Morgan fingerprint density at radius 2 is 1.71 bits per heavy atom. The zero-order valence-corrected chi connectivity index (χ0v) is 9.09. The lowest BCUT2D eigenvalue weighted by atomic mass is 10.0. The second kappa shape index (κ2) is 3.91. The molecule has 17 heavy (non-hydrogen) atoms. The van der Waals surface area contributed by atoms with Crippen LogP contribution in [-0.2, 0) is 0 Å². The van der Waals surface area contributed by atoms with E-state index in [1.165, 1.54) is 0 Å². The highest BCUT2D eigenvalue weighted by Crippen LogP contribution is 2.26. The van der Waals surface area contributed by atoms with Gasteiger partial charge in [0, 0.05) is 5.39 Å². The van der Waals surface area contributed by atoms with Crippen LogP contribution in [0, 0.1) is 0 Å². The van der Waals surface area contributed by atoms with E-state index >= 15 is 0 Å². The van der Waals surface area contributed by atoms with E-state index in [9.17, 15) is 4.79 Å². The van der Waals surface area contributed by atoms with Crippen LogP contribution >= 0.6 is 0 Å². The maximum Gasteiger partial charge on any atom is 0.185 e. The third-order valence-electron chi connectivity index (χ3n) is 2.76. The van der Waals surface area contributed by atoms with Crippen LogP contribution in [0.4, 0.5) is 0 Å². The van der Waals surface area contributed by atoms with E-state index in [4.69, 9.17) is 4.42 Å². The molecule has 0 aliphatic heterocycles. The highest BCUT2D eigenvalue weighted by Gasteiger charge is 2.04. The lowest BCUT2D eigenvalue weighted by Crippen LogP contribution is -1.75. The van der Waals surface area contributed by atoms with Gasteiger partial charge < -0.3 is 4.42 Å². The largest absolute Gasteiger partial charge is 0.453 e. The van der Waals surface area contributed by atoms with Gasteiger partial charge in [0.15, 0.2) is 12.0 Å². The minimum atomic E-state index is 0.366. The first kappa shape index (κ1) is 9.85. The van der Waals surface area contributed by atoms with Gasteiger partial charge in [0.1, 0.15) is 5.58 Å². The van der Waals surface area contributed by atoms with Crippen LogP contribution in [0.25, 0.3) is 22.1 Å². The molecule has 2 nitrogen and oxygen atoms in total. The number of aldehydes is 1. The summed E-state index contributed by atoms with van der Waals surface area (Å²) in [4.78, 5) is 10.6. The Labute approximate surface area is 98.5 Å². The lowest BCUT2D eigenvalue weighted by Gasteiger charge is -2.00. The quantitative estimate of drug-likeness (QED) is 0.615. The van der Waals surface area contributed by atoms with Crippen LogP contribution < -0.4 is 0 Å². The van der Waals surface area contributed by atoms with Crippen molar-refractivity contribution >= 4 is 17.3 Å². The minimum absolute atomic E-state index is 0.366. The number of carbonyl (C=O) groups is 1. The number of fused-ring (bicyclic) bond motifs is 1. The van der Waals surface area contributed by atoms with Crippen LogP contribution in [0.2, 0.25) is 0 Å². The number of hydrogen-bond acceptors (Lipinski definition) is 2. The summed E-state index contributed by atoms with van der Waals surface area (Å²) in [6.45, 7) is 0. The highest BCUT2D eigenvalue weighted by molar-refractivity contribution is 5.88. The monoisotopic (exact) mass is 222 g/mol. The van der Waals surface area contributed by atoms with Gasteiger partial charge in [-0.25, -0.2) is 0 Å². The Kier molecular flexibility index (Phi) is 2.26. The van der Waals surface area contributed by atoms with Crippen molar-refractivity contribution in [1.29, 1.82) is 0 Å². The Morgan fingerprint density at radius 1 is 0.882 bits per heavy atom. The van der Waals surface area contributed by atoms with Crippen molar-refractivity contribution in [1.82, 2.24) is 0 Å². The molecule has 82 valence electrons. The lowest BCUT2D eigenvalue weighted by molar-refractivity contribution is 0.110. The molecule has 0 atom stereocenters. The summed E-state index contributed by atoms with van der Waals surface area (Å²) in [5.74, 6) is 0.366. The average Bonchev–Trinajstić information content (AvgIpc) is 2.81. The molecule has 0 N–H and O–H groups in total. The van der Waals surface area contributed by atoms with E-state index in [0.29, 0.717) is 5.76 Å². The number of carbonyl (C=O) groups excluding carboxylic acids is 1. The van der Waals surface area contributed by atoms with Crippen molar-refractivity contribution < 1.29 is 9.21 Å². The molecule has 0 unspecified atom stereocenters. The van der Waals surface area contributed by atoms with Gasteiger partial charge >= 0.3 is 0 Å². The van der Waals surface area contributed by atoms with Crippen molar-refractivity contribution in [2.24, 2.45) is 0 Å². The normalized spacial score (nSPS) is 10.6. The number of rotatable bonds is 2. The van der Waals surface area contributed by atoms with Crippen molar-refractivity contribution in [3.63, 3.8) is 0 Å². The third-order valence-corrected chi connectivity index (χ3v) is 2.76. The van der Waals surface area contributed by atoms with E-state index in [2.05, 4.69) is 12.1 Å². The molecule has 0 bridgehead atoms. The summed E-state index contributed by atoms with van der Waals surface area (Å²) in [5, 5.41) is 0.952. The van der Waals surface area contributed by atoms with Crippen LogP contribution in [-0.4, -0.2) is 6.29 Å².